The van der Waals surface area contributed by atoms with E-state index in [1.807, 2.05) is 0 Å². The summed E-state index contributed by atoms with van der Waals surface area (Å²) in [6.45, 7) is 0.282. The fraction of sp³-hybridized carbons (Fsp3) is 0.400. The van der Waals surface area contributed by atoms with Crippen LogP contribution in [0, 0.1) is 5.92 Å². The molecule has 2 amide bonds. The second-order valence-corrected chi connectivity index (χ2v) is 13.5. The van der Waals surface area contributed by atoms with Gasteiger partial charge in [-0.05, 0) is 13.8 Å². The molecule has 0 bridgehead atoms. The number of imide groups is 1. The summed E-state index contributed by atoms with van der Waals surface area (Å²) in [6.07, 6.45) is -1.30. The quantitative estimate of drug-likeness (QED) is 0.0444. The molecule has 4 heterocycles. The number of β-lactam (4-membered cyclic amide) rings is 1. The van der Waals surface area contributed by atoms with Gasteiger partial charge < -0.3 is 40.8 Å². The number of hydrogen-bond acceptors (Lipinski definition) is 18. The summed E-state index contributed by atoms with van der Waals surface area (Å²) in [4.78, 5) is 86.9. The first kappa shape index (κ1) is 39.2. The smallest absolute Gasteiger partial charge is 0.546 e. The van der Waals surface area contributed by atoms with E-state index in [1.165, 1.54) is 5.38 Å². The van der Waals surface area contributed by atoms with E-state index in [0.29, 0.717) is 9.47 Å². The van der Waals surface area contributed by atoms with Gasteiger partial charge in [0.25, 0.3) is 10.0 Å². The van der Waals surface area contributed by atoms with Crippen LogP contribution in [0.25, 0.3) is 11.5 Å². The molecule has 3 aromatic rings. The van der Waals surface area contributed by atoms with Crippen molar-refractivity contribution < 1.29 is 82.4 Å². The van der Waals surface area contributed by atoms with Crippen molar-refractivity contribution >= 4 is 55.8 Å². The molecule has 1 fully saturated rings. The normalized spacial score (nSPS) is 15.7. The number of nitrogen functional groups attached to an aromatic ring is 1. The molecule has 4 rings (SSSR count). The number of rotatable bonds is 14. The fourth-order valence-electron chi connectivity index (χ4n) is 4.11. The number of nitrogens with zero attached hydrogens (tertiary/aromatic N) is 6. The Morgan fingerprint density at radius 3 is 2.51 bits per heavy atom. The number of aromatic amines is 1. The van der Waals surface area contributed by atoms with Crippen molar-refractivity contribution in [2.24, 2.45) is 11.1 Å². The standard InChI is InChI=1S/C25H28N8O13S2.Na/c1-25(2,22(41)42)46-30-19(14-9-47-23(26)28-14)16(37)3-11-6-31(21(11)40)18(39)10-48(44,45)33-24(43)32(7-12(35)8-34)20(29-33)13-4-15(36)17(38)5-27-13;/h4-5,9,11-12,34-35,38H,3,6-8,10H2,1-2H3,(H2,26,28)(H,27,36)(H,41,42);/q;+1/p-1/b30-19-;/t11-,12-;/m0./s1. The predicted molar refractivity (Wildman–Crippen MR) is 160 cm³/mol. The van der Waals surface area contributed by atoms with Crippen molar-refractivity contribution in [3.8, 4) is 17.3 Å². The monoisotopic (exact) mass is 734 g/mol. The number of amides is 2. The molecule has 3 aromatic heterocycles. The van der Waals surface area contributed by atoms with Gasteiger partial charge in [-0.25, -0.2) is 18.2 Å². The molecule has 0 spiro atoms. The van der Waals surface area contributed by atoms with Crippen LogP contribution >= 0.6 is 11.3 Å². The molecule has 0 aliphatic carbocycles. The average molecular weight is 735 g/mol. The van der Waals surface area contributed by atoms with Crippen LogP contribution in [0.4, 0.5) is 5.13 Å². The third kappa shape index (κ3) is 8.49. The van der Waals surface area contributed by atoms with E-state index < -0.39 is 111 Å². The number of oxime groups is 1. The van der Waals surface area contributed by atoms with E-state index in [0.717, 1.165) is 37.4 Å². The van der Waals surface area contributed by atoms with E-state index in [4.69, 9.17) is 10.6 Å². The first-order valence-corrected chi connectivity index (χ1v) is 16.1. The van der Waals surface area contributed by atoms with Gasteiger partial charge >= 0.3 is 35.2 Å². The zero-order valence-corrected chi connectivity index (χ0v) is 29.6. The summed E-state index contributed by atoms with van der Waals surface area (Å²) >= 11 is 0.936. The van der Waals surface area contributed by atoms with Gasteiger partial charge in [0.1, 0.15) is 5.69 Å². The number of aromatic nitrogens is 5. The SMILES string of the molecule is CC(C)(O/N=C(\C(=O)C[C@H]1CN(C(=O)CS(=O)(=O)n2nc(-c3cc(=O)c(O)c[nH]3)n(C[C@H](O)CO)c2=O)C1=O)c1csc(N)n1)C(=O)[O-].[Na+]. The number of carboxylic acid groups (broad SMARTS) is 1. The number of aliphatic hydroxyl groups excluding tert-OH is 2. The van der Waals surface area contributed by atoms with Crippen molar-refractivity contribution in [3.05, 3.63) is 44.0 Å². The van der Waals surface area contributed by atoms with Gasteiger partial charge in [-0.2, -0.15) is 0 Å². The van der Waals surface area contributed by atoms with Crippen LogP contribution in [0.2, 0.25) is 0 Å². The van der Waals surface area contributed by atoms with E-state index in [9.17, 15) is 57.6 Å². The minimum absolute atomic E-state index is 0. The number of nitrogens with two attached hydrogens (primary N) is 1. The third-order valence-corrected chi connectivity index (χ3v) is 8.83. The molecule has 0 unspecified atom stereocenters. The summed E-state index contributed by atoms with van der Waals surface area (Å²) < 4.78 is 26.8. The van der Waals surface area contributed by atoms with Gasteiger partial charge in [-0.1, -0.05) is 5.16 Å². The van der Waals surface area contributed by atoms with Gasteiger partial charge in [0.2, 0.25) is 17.2 Å². The zero-order chi connectivity index (χ0) is 35.7. The number of hydrogen-bond donors (Lipinski definition) is 5. The van der Waals surface area contributed by atoms with Crippen molar-refractivity contribution in [2.75, 3.05) is 24.6 Å². The Kier molecular flexibility index (Phi) is 12.1. The fourth-order valence-corrected chi connectivity index (χ4v) is 5.78. The molecule has 0 radical (unpaired) electrons. The molecule has 0 saturated carbocycles. The van der Waals surface area contributed by atoms with Crippen LogP contribution < -0.4 is 51.5 Å². The molecule has 21 nitrogen and oxygen atoms in total. The maximum Gasteiger partial charge on any atom is 1.00 e. The topological polar surface area (TPSA) is 323 Å². The van der Waals surface area contributed by atoms with Crippen LogP contribution in [0.3, 0.4) is 0 Å². The van der Waals surface area contributed by atoms with Crippen molar-refractivity contribution in [1.82, 2.24) is 28.6 Å². The number of ketones is 1. The molecule has 24 heteroatoms. The number of carbonyl (C=O) groups excluding carboxylic acids is 4. The number of likely N-dealkylation sites (tertiary alicyclic amines) is 1. The first-order valence-electron chi connectivity index (χ1n) is 13.6. The number of aliphatic carboxylic acids is 1. The zero-order valence-electron chi connectivity index (χ0n) is 25.9. The van der Waals surface area contributed by atoms with E-state index in [-0.39, 0.29) is 50.2 Å². The minimum Gasteiger partial charge on any atom is -0.546 e. The summed E-state index contributed by atoms with van der Waals surface area (Å²) in [5.74, 6) is -8.48. The van der Waals surface area contributed by atoms with Crippen molar-refractivity contribution in [3.63, 3.8) is 0 Å². The Morgan fingerprint density at radius 2 is 1.96 bits per heavy atom. The molecule has 0 aromatic carbocycles. The van der Waals surface area contributed by atoms with Gasteiger partial charge in [-0.15, -0.1) is 20.5 Å². The number of aromatic hydroxyl groups is 1. The second kappa shape index (κ2) is 15.1. The number of carbonyl (C=O) groups is 4. The Hall–Kier alpha value is -4.26. The largest absolute Gasteiger partial charge is 1.00 e. The van der Waals surface area contributed by atoms with Gasteiger partial charge in [-0.3, -0.25) is 28.6 Å². The predicted octanol–water partition coefficient (Wildman–Crippen LogP) is -7.43. The molecule has 1 aliphatic heterocycles. The average Bonchev–Trinajstić information content (AvgIpc) is 3.58. The number of carboxylic acids is 1. The van der Waals surface area contributed by atoms with Crippen LogP contribution in [-0.4, -0.2) is 112 Å². The summed E-state index contributed by atoms with van der Waals surface area (Å²) in [5, 5.41) is 48.6. The number of nitrogens with one attached hydrogen (secondary N) is 1. The van der Waals surface area contributed by atoms with Gasteiger partial charge in [0, 0.05) is 30.6 Å². The summed E-state index contributed by atoms with van der Waals surface area (Å²) in [5.41, 5.74) is 0.542. The van der Waals surface area contributed by atoms with Crippen LogP contribution in [0.5, 0.6) is 5.75 Å². The molecular formula is C25H27N8NaO13S2. The van der Waals surface area contributed by atoms with Crippen molar-refractivity contribution in [1.29, 1.82) is 0 Å². The molecule has 2 atom stereocenters. The van der Waals surface area contributed by atoms with Gasteiger partial charge in [0.15, 0.2) is 39.6 Å². The summed E-state index contributed by atoms with van der Waals surface area (Å²) in [6, 6.07) is 0.789. The molecule has 258 valence electrons. The Bertz CT molecular complexity index is 2050. The molecule has 6 N–H and O–H groups in total. The first-order chi connectivity index (χ1) is 22.4. The minimum atomic E-state index is -4.95. The summed E-state index contributed by atoms with van der Waals surface area (Å²) in [7, 11) is -4.95. The number of H-pyrrole nitrogens is 1. The van der Waals surface area contributed by atoms with Crippen LogP contribution in [0.15, 0.2) is 32.4 Å². The van der Waals surface area contributed by atoms with E-state index in [1.54, 1.807) is 0 Å². The Morgan fingerprint density at radius 1 is 1.29 bits per heavy atom. The third-order valence-electron chi connectivity index (χ3n) is 6.78. The molecule has 1 saturated heterocycles. The number of thiazole rings is 1. The molecule has 49 heavy (non-hydrogen) atoms. The molecular weight excluding hydrogens is 707 g/mol. The maximum atomic E-state index is 13.2. The van der Waals surface area contributed by atoms with E-state index >= 15 is 0 Å². The maximum absolute atomic E-state index is 13.2. The van der Waals surface area contributed by atoms with Crippen LogP contribution in [0.1, 0.15) is 26.0 Å². The number of aliphatic hydroxyl groups is 2. The Balaban J connectivity index is 0.00000650. The second-order valence-electron chi connectivity index (χ2n) is 10.8. The van der Waals surface area contributed by atoms with Crippen LogP contribution in [-0.2, 0) is 40.6 Å². The van der Waals surface area contributed by atoms with Crippen molar-refractivity contribution in [2.45, 2.75) is 38.5 Å². The number of anilines is 1. The van der Waals surface area contributed by atoms with E-state index in [2.05, 4.69) is 20.2 Å². The Labute approximate surface area is 301 Å². The molecule has 1 aliphatic rings. The number of Topliss-reactive ketones (excluding diaryl/α,β-unsaturated/α-hetero) is 1. The van der Waals surface area contributed by atoms with Gasteiger partial charge in [0.05, 0.1) is 36.8 Å². The number of pyridine rings is 1.